The number of hydrogen-bond acceptors (Lipinski definition) is 4. The highest BCUT2D eigenvalue weighted by Crippen LogP contribution is 2.43. The third kappa shape index (κ3) is 2.88. The quantitative estimate of drug-likeness (QED) is 0.706. The fourth-order valence-electron chi connectivity index (χ4n) is 3.71. The lowest BCUT2D eigenvalue weighted by Crippen LogP contribution is -2.49. The summed E-state index contributed by atoms with van der Waals surface area (Å²) in [6.07, 6.45) is 5.92. The van der Waals surface area contributed by atoms with E-state index in [2.05, 4.69) is 16.0 Å². The van der Waals surface area contributed by atoms with Crippen LogP contribution in [0.2, 0.25) is 0 Å². The number of carbonyl (C=O) groups excluding carboxylic acids is 2. The van der Waals surface area contributed by atoms with E-state index in [0.717, 1.165) is 32.4 Å². The van der Waals surface area contributed by atoms with E-state index in [1.807, 2.05) is 0 Å². The summed E-state index contributed by atoms with van der Waals surface area (Å²) in [5, 5.41) is 9.10. The maximum absolute atomic E-state index is 12.6. The van der Waals surface area contributed by atoms with Crippen molar-refractivity contribution in [3.05, 3.63) is 24.2 Å². The number of amides is 2. The lowest BCUT2D eigenvalue weighted by molar-refractivity contribution is -0.133. The second-order valence-corrected chi connectivity index (χ2v) is 6.22. The van der Waals surface area contributed by atoms with Crippen LogP contribution in [0.5, 0.6) is 0 Å². The Balaban J connectivity index is 1.45. The Morgan fingerprint density at radius 3 is 3.00 bits per heavy atom. The molecule has 1 aromatic heterocycles. The molecule has 1 saturated heterocycles. The van der Waals surface area contributed by atoms with Gasteiger partial charge in [0, 0.05) is 19.6 Å². The summed E-state index contributed by atoms with van der Waals surface area (Å²) in [6.45, 7) is 2.57. The van der Waals surface area contributed by atoms with Crippen LogP contribution in [0.1, 0.15) is 36.2 Å². The Kier molecular flexibility index (Phi) is 4.47. The Morgan fingerprint density at radius 2 is 2.18 bits per heavy atom. The molecule has 3 N–H and O–H groups in total. The zero-order valence-electron chi connectivity index (χ0n) is 12.7. The van der Waals surface area contributed by atoms with Crippen LogP contribution in [0.25, 0.3) is 0 Å². The van der Waals surface area contributed by atoms with Gasteiger partial charge in [-0.1, -0.05) is 12.8 Å². The first kappa shape index (κ1) is 15.1. The van der Waals surface area contributed by atoms with E-state index >= 15 is 0 Å². The van der Waals surface area contributed by atoms with Crippen LogP contribution in [0.15, 0.2) is 22.8 Å². The topological polar surface area (TPSA) is 83.4 Å². The Bertz CT molecular complexity index is 529. The van der Waals surface area contributed by atoms with Crippen molar-refractivity contribution in [2.45, 2.75) is 25.7 Å². The van der Waals surface area contributed by atoms with Gasteiger partial charge in [0.2, 0.25) is 5.91 Å². The maximum atomic E-state index is 12.6. The van der Waals surface area contributed by atoms with Crippen molar-refractivity contribution in [2.24, 2.45) is 11.3 Å². The van der Waals surface area contributed by atoms with Gasteiger partial charge in [0.15, 0.2) is 5.76 Å². The molecule has 0 bridgehead atoms. The van der Waals surface area contributed by atoms with E-state index in [4.69, 9.17) is 4.42 Å². The van der Waals surface area contributed by atoms with Crippen molar-refractivity contribution >= 4 is 11.8 Å². The molecule has 2 amide bonds. The van der Waals surface area contributed by atoms with Crippen molar-refractivity contribution in [3.8, 4) is 0 Å². The largest absolute Gasteiger partial charge is 0.459 e. The van der Waals surface area contributed by atoms with E-state index in [9.17, 15) is 9.59 Å². The number of fused-ring (bicyclic) bond motifs is 1. The second kappa shape index (κ2) is 6.52. The molecule has 0 spiro atoms. The van der Waals surface area contributed by atoms with Crippen molar-refractivity contribution in [2.75, 3.05) is 26.2 Å². The number of nitrogens with one attached hydrogen (secondary N) is 3. The molecule has 2 aliphatic rings. The van der Waals surface area contributed by atoms with Crippen LogP contribution in [0, 0.1) is 11.3 Å². The van der Waals surface area contributed by atoms with Gasteiger partial charge in [-0.25, -0.2) is 0 Å². The van der Waals surface area contributed by atoms with Crippen molar-refractivity contribution in [1.29, 1.82) is 0 Å². The Hall–Kier alpha value is -1.82. The first-order valence-electron chi connectivity index (χ1n) is 8.03. The first-order chi connectivity index (χ1) is 10.7. The number of furan rings is 1. The van der Waals surface area contributed by atoms with Crippen LogP contribution in [-0.2, 0) is 4.79 Å². The molecule has 0 unspecified atom stereocenters. The second-order valence-electron chi connectivity index (χ2n) is 6.22. The van der Waals surface area contributed by atoms with Gasteiger partial charge in [0.25, 0.3) is 5.91 Å². The third-order valence-electron chi connectivity index (χ3n) is 4.93. The first-order valence-corrected chi connectivity index (χ1v) is 8.03. The average molecular weight is 305 g/mol. The fourth-order valence-corrected chi connectivity index (χ4v) is 3.71. The number of rotatable bonds is 5. The van der Waals surface area contributed by atoms with Gasteiger partial charge in [-0.05, 0) is 37.4 Å². The molecule has 0 aromatic carbocycles. The van der Waals surface area contributed by atoms with E-state index in [1.165, 1.54) is 12.7 Å². The minimum Gasteiger partial charge on any atom is -0.459 e. The van der Waals surface area contributed by atoms with E-state index in [0.29, 0.717) is 19.0 Å². The van der Waals surface area contributed by atoms with Crippen molar-refractivity contribution < 1.29 is 14.0 Å². The number of hydrogen-bond donors (Lipinski definition) is 3. The van der Waals surface area contributed by atoms with Crippen LogP contribution < -0.4 is 16.0 Å². The van der Waals surface area contributed by atoms with Gasteiger partial charge < -0.3 is 20.4 Å². The molecule has 6 nitrogen and oxygen atoms in total. The summed E-state index contributed by atoms with van der Waals surface area (Å²) < 4.78 is 5.02. The predicted octanol–water partition coefficient (Wildman–Crippen LogP) is 0.905. The fraction of sp³-hybridized carbons (Fsp3) is 0.625. The van der Waals surface area contributed by atoms with Gasteiger partial charge in [-0.3, -0.25) is 9.59 Å². The third-order valence-corrected chi connectivity index (χ3v) is 4.93. The van der Waals surface area contributed by atoms with Gasteiger partial charge in [0.05, 0.1) is 11.7 Å². The molecular weight excluding hydrogens is 282 g/mol. The summed E-state index contributed by atoms with van der Waals surface area (Å²) in [5.74, 6) is 0.626. The Labute approximate surface area is 130 Å². The molecule has 3 rings (SSSR count). The minimum absolute atomic E-state index is 0.134. The van der Waals surface area contributed by atoms with Crippen molar-refractivity contribution in [1.82, 2.24) is 16.0 Å². The van der Waals surface area contributed by atoms with Crippen LogP contribution in [-0.4, -0.2) is 38.0 Å². The minimum atomic E-state index is -0.254. The summed E-state index contributed by atoms with van der Waals surface area (Å²) in [6, 6.07) is 3.29. The standard InChI is InChI=1S/C16H23N3O3/c20-14(13-5-3-9-22-13)18-7-8-19-15(21)16-6-2-1-4-12(16)10-17-11-16/h3,5,9,12,17H,1-2,4,6-8,10-11H2,(H,18,20)(H,19,21)/t12-,16+/m0/s1. The summed E-state index contributed by atoms with van der Waals surface area (Å²) >= 11 is 0. The highest BCUT2D eigenvalue weighted by atomic mass is 16.3. The molecule has 22 heavy (non-hydrogen) atoms. The normalized spacial score (nSPS) is 27.2. The molecular formula is C16H23N3O3. The average Bonchev–Trinajstić information content (AvgIpc) is 3.20. The van der Waals surface area contributed by atoms with Gasteiger partial charge in [-0.2, -0.15) is 0 Å². The highest BCUT2D eigenvalue weighted by Gasteiger charge is 2.49. The zero-order chi connectivity index (χ0) is 15.4. The van der Waals surface area contributed by atoms with Gasteiger partial charge >= 0.3 is 0 Å². The molecule has 120 valence electrons. The number of carbonyl (C=O) groups is 2. The molecule has 1 aliphatic carbocycles. The van der Waals surface area contributed by atoms with E-state index in [-0.39, 0.29) is 23.0 Å². The lowest BCUT2D eigenvalue weighted by atomic mass is 9.67. The van der Waals surface area contributed by atoms with Crippen LogP contribution >= 0.6 is 0 Å². The molecule has 6 heteroatoms. The van der Waals surface area contributed by atoms with Crippen molar-refractivity contribution in [3.63, 3.8) is 0 Å². The predicted molar refractivity (Wildman–Crippen MR) is 81.3 cm³/mol. The highest BCUT2D eigenvalue weighted by molar-refractivity contribution is 5.91. The smallest absolute Gasteiger partial charge is 0.287 e. The van der Waals surface area contributed by atoms with Gasteiger partial charge in [-0.15, -0.1) is 0 Å². The monoisotopic (exact) mass is 305 g/mol. The molecule has 0 radical (unpaired) electrons. The van der Waals surface area contributed by atoms with E-state index in [1.54, 1.807) is 12.1 Å². The SMILES string of the molecule is O=C(NCCNC(=O)[C@@]12CCCC[C@H]1CNC2)c1ccco1. The lowest BCUT2D eigenvalue weighted by Gasteiger charge is -2.37. The molecule has 1 aromatic rings. The molecule has 2 heterocycles. The summed E-state index contributed by atoms with van der Waals surface area (Å²) in [7, 11) is 0. The molecule has 2 fully saturated rings. The molecule has 2 atom stereocenters. The van der Waals surface area contributed by atoms with Crippen LogP contribution in [0.3, 0.4) is 0 Å². The summed E-state index contributed by atoms with van der Waals surface area (Å²) in [4.78, 5) is 24.3. The van der Waals surface area contributed by atoms with Crippen LogP contribution in [0.4, 0.5) is 0 Å². The van der Waals surface area contributed by atoms with E-state index < -0.39 is 0 Å². The zero-order valence-corrected chi connectivity index (χ0v) is 12.7. The molecule has 1 saturated carbocycles. The van der Waals surface area contributed by atoms with Gasteiger partial charge in [0.1, 0.15) is 0 Å². The molecule has 1 aliphatic heterocycles. The summed E-state index contributed by atoms with van der Waals surface area (Å²) in [5.41, 5.74) is -0.233. The Morgan fingerprint density at radius 1 is 1.32 bits per heavy atom. The maximum Gasteiger partial charge on any atom is 0.287 e.